The van der Waals surface area contributed by atoms with Gasteiger partial charge in [-0.15, -0.1) is 12.6 Å². The Morgan fingerprint density at radius 1 is 1.05 bits per heavy atom. The lowest BCUT2D eigenvalue weighted by Gasteiger charge is -2.33. The zero-order valence-electron chi connectivity index (χ0n) is 21.0. The van der Waals surface area contributed by atoms with Gasteiger partial charge in [0.2, 0.25) is 0 Å². The fourth-order valence-corrected chi connectivity index (χ4v) is 4.69. The molecule has 11 heteroatoms. The summed E-state index contributed by atoms with van der Waals surface area (Å²) in [6, 6.07) is 11.6. The summed E-state index contributed by atoms with van der Waals surface area (Å²) in [5, 5.41) is 2.73. The van der Waals surface area contributed by atoms with E-state index in [0.29, 0.717) is 11.1 Å². The molecule has 1 atom stereocenters. The van der Waals surface area contributed by atoms with Gasteiger partial charge in [-0.25, -0.2) is 14.7 Å². The number of imide groups is 1. The minimum atomic E-state index is -4.59. The second kappa shape index (κ2) is 9.79. The number of aromatic nitrogens is 1. The Morgan fingerprint density at radius 3 is 2.32 bits per heavy atom. The molecule has 1 aromatic heterocycles. The molecule has 2 heterocycles. The van der Waals surface area contributed by atoms with Crippen LogP contribution in [-0.4, -0.2) is 33.3 Å². The number of carbonyl (C=O) groups excluding carboxylic acids is 3. The Kier molecular flexibility index (Phi) is 7.00. The zero-order valence-corrected chi connectivity index (χ0v) is 21.9. The van der Waals surface area contributed by atoms with E-state index >= 15 is 0 Å². The van der Waals surface area contributed by atoms with Gasteiger partial charge in [-0.05, 0) is 75.7 Å². The monoisotopic (exact) mass is 542 g/mol. The maximum Gasteiger partial charge on any atom is 0.416 e. The van der Waals surface area contributed by atoms with Gasteiger partial charge < -0.3 is 10.2 Å². The minimum Gasteiger partial charge on any atom is -0.307 e. The number of benzene rings is 2. The number of aryl methyl sites for hydroxylation is 1. The predicted octanol–water partition coefficient (Wildman–Crippen LogP) is 6.26. The summed E-state index contributed by atoms with van der Waals surface area (Å²) in [5.41, 5.74) is -0.251. The van der Waals surface area contributed by atoms with Gasteiger partial charge >= 0.3 is 12.2 Å². The first kappa shape index (κ1) is 27.2. The fourth-order valence-electron chi connectivity index (χ4n) is 4.38. The number of thiol groups is 1. The molecule has 3 aromatic rings. The third kappa shape index (κ3) is 4.98. The Labute approximate surface area is 223 Å². The Bertz CT molecular complexity index is 1420. The molecule has 198 valence electrons. The highest BCUT2D eigenvalue weighted by atomic mass is 32.1. The molecule has 1 fully saturated rings. The van der Waals surface area contributed by atoms with Gasteiger partial charge in [-0.3, -0.25) is 9.59 Å². The van der Waals surface area contributed by atoms with Gasteiger partial charge in [0.15, 0.2) is 0 Å². The van der Waals surface area contributed by atoms with Gasteiger partial charge in [0.1, 0.15) is 11.4 Å². The third-order valence-electron chi connectivity index (χ3n) is 6.48. The van der Waals surface area contributed by atoms with E-state index in [1.807, 2.05) is 19.1 Å². The van der Waals surface area contributed by atoms with Crippen LogP contribution in [0.15, 0.2) is 65.7 Å². The van der Waals surface area contributed by atoms with Gasteiger partial charge in [0.05, 0.1) is 17.3 Å². The molecule has 38 heavy (non-hydrogen) atoms. The normalized spacial score (nSPS) is 16.1. The highest BCUT2D eigenvalue weighted by Gasteiger charge is 2.54. The topological polar surface area (TPSA) is 82.6 Å². The quantitative estimate of drug-likeness (QED) is 0.295. The third-order valence-corrected chi connectivity index (χ3v) is 6.84. The van der Waals surface area contributed by atoms with Crippen molar-refractivity contribution in [1.82, 2.24) is 9.88 Å². The van der Waals surface area contributed by atoms with Crippen LogP contribution in [-0.2, 0) is 11.0 Å². The van der Waals surface area contributed by atoms with Crippen molar-refractivity contribution >= 4 is 42.0 Å². The van der Waals surface area contributed by atoms with Crippen molar-refractivity contribution in [3.8, 4) is 0 Å². The average Bonchev–Trinajstić information content (AvgIpc) is 3.02. The zero-order chi connectivity index (χ0) is 28.0. The standard InChI is InChI=1S/C27H25F3N4O3S/c1-15-5-7-17(8-6-15)23(35)32-22-13-18(11-12-31-22)16(2)34-25(37)33(24(36)26(34,3)4)20-10-9-19(14-21(20)38)27(28,29)30/h5-14,16,38H,1-4H3,(H,31,32,35). The summed E-state index contributed by atoms with van der Waals surface area (Å²) in [5.74, 6) is -0.704. The highest BCUT2D eigenvalue weighted by molar-refractivity contribution is 7.80. The SMILES string of the molecule is Cc1ccc(C(=O)Nc2cc(C(C)N3C(=O)N(c4ccc(C(F)(F)F)cc4S)C(=O)C3(C)C)ccn2)cc1. The number of hydrogen-bond donors (Lipinski definition) is 2. The highest BCUT2D eigenvalue weighted by Crippen LogP contribution is 2.41. The minimum absolute atomic E-state index is 0.0418. The largest absolute Gasteiger partial charge is 0.416 e. The molecule has 1 saturated heterocycles. The maximum absolute atomic E-state index is 13.5. The molecule has 0 radical (unpaired) electrons. The molecule has 1 aliphatic rings. The van der Waals surface area contributed by atoms with E-state index in [2.05, 4.69) is 22.9 Å². The summed E-state index contributed by atoms with van der Waals surface area (Å²) in [6.45, 7) is 6.75. The molecular weight excluding hydrogens is 517 g/mol. The van der Waals surface area contributed by atoms with Crippen LogP contribution in [0.2, 0.25) is 0 Å². The fraction of sp³-hybridized carbons (Fsp3) is 0.259. The number of urea groups is 1. The molecule has 1 aliphatic heterocycles. The molecule has 4 rings (SSSR count). The number of amides is 4. The summed E-state index contributed by atoms with van der Waals surface area (Å²) in [6.07, 6.45) is -3.12. The molecule has 0 bridgehead atoms. The summed E-state index contributed by atoms with van der Waals surface area (Å²) in [7, 11) is 0. The van der Waals surface area contributed by atoms with E-state index in [4.69, 9.17) is 0 Å². The van der Waals surface area contributed by atoms with Crippen LogP contribution in [0.5, 0.6) is 0 Å². The van der Waals surface area contributed by atoms with Crippen LogP contribution < -0.4 is 10.2 Å². The number of nitrogens with zero attached hydrogens (tertiary/aromatic N) is 3. The molecule has 1 unspecified atom stereocenters. The first-order valence-corrected chi connectivity index (χ1v) is 12.1. The molecule has 0 spiro atoms. The molecule has 2 aromatic carbocycles. The van der Waals surface area contributed by atoms with Crippen LogP contribution in [0.1, 0.15) is 53.9 Å². The average molecular weight is 543 g/mol. The lowest BCUT2D eigenvalue weighted by molar-refractivity contribution is -0.137. The second-order valence-corrected chi connectivity index (χ2v) is 10.0. The first-order valence-electron chi connectivity index (χ1n) is 11.6. The summed E-state index contributed by atoms with van der Waals surface area (Å²) >= 11 is 4.13. The molecule has 1 N–H and O–H groups in total. The number of carbonyl (C=O) groups is 3. The van der Waals surface area contributed by atoms with E-state index in [-0.39, 0.29) is 22.3 Å². The van der Waals surface area contributed by atoms with Crippen molar-refractivity contribution in [3.63, 3.8) is 0 Å². The smallest absolute Gasteiger partial charge is 0.307 e. The maximum atomic E-state index is 13.5. The number of nitrogens with one attached hydrogen (secondary N) is 1. The number of pyridine rings is 1. The van der Waals surface area contributed by atoms with Gasteiger partial charge in [0.25, 0.3) is 11.8 Å². The van der Waals surface area contributed by atoms with Crippen LogP contribution in [0, 0.1) is 6.92 Å². The van der Waals surface area contributed by atoms with E-state index in [9.17, 15) is 27.6 Å². The van der Waals surface area contributed by atoms with E-state index < -0.39 is 35.3 Å². The van der Waals surface area contributed by atoms with Crippen molar-refractivity contribution in [3.05, 3.63) is 83.0 Å². The molecule has 0 aliphatic carbocycles. The lowest BCUT2D eigenvalue weighted by Crippen LogP contribution is -2.45. The molecule has 7 nitrogen and oxygen atoms in total. The van der Waals surface area contributed by atoms with E-state index in [1.165, 1.54) is 11.1 Å². The van der Waals surface area contributed by atoms with Gasteiger partial charge in [-0.1, -0.05) is 17.7 Å². The van der Waals surface area contributed by atoms with Crippen LogP contribution in [0.3, 0.4) is 0 Å². The van der Waals surface area contributed by atoms with Crippen molar-refractivity contribution in [2.24, 2.45) is 0 Å². The van der Waals surface area contributed by atoms with Gasteiger partial charge in [-0.2, -0.15) is 13.2 Å². The number of anilines is 2. The summed E-state index contributed by atoms with van der Waals surface area (Å²) < 4.78 is 39.3. The van der Waals surface area contributed by atoms with E-state index in [1.54, 1.807) is 45.0 Å². The molecular formula is C27H25F3N4O3S. The second-order valence-electron chi connectivity index (χ2n) is 9.52. The molecule has 0 saturated carbocycles. The number of alkyl halides is 3. The predicted molar refractivity (Wildman–Crippen MR) is 139 cm³/mol. The van der Waals surface area contributed by atoms with Crippen molar-refractivity contribution in [1.29, 1.82) is 0 Å². The van der Waals surface area contributed by atoms with Crippen molar-refractivity contribution < 1.29 is 27.6 Å². The van der Waals surface area contributed by atoms with Crippen molar-refractivity contribution in [2.75, 3.05) is 10.2 Å². The number of rotatable bonds is 5. The first-order chi connectivity index (χ1) is 17.7. The number of hydrogen-bond acceptors (Lipinski definition) is 5. The van der Waals surface area contributed by atoms with E-state index in [0.717, 1.165) is 28.7 Å². The van der Waals surface area contributed by atoms with Crippen LogP contribution >= 0.6 is 12.6 Å². The number of halogens is 3. The molecule has 4 amide bonds. The van der Waals surface area contributed by atoms with Gasteiger partial charge in [0, 0.05) is 16.7 Å². The Balaban J connectivity index is 1.61. The van der Waals surface area contributed by atoms with Crippen LogP contribution in [0.25, 0.3) is 0 Å². The summed E-state index contributed by atoms with van der Waals surface area (Å²) in [4.78, 5) is 45.8. The Hall–Kier alpha value is -3.86. The van der Waals surface area contributed by atoms with Crippen LogP contribution in [0.4, 0.5) is 29.5 Å². The Morgan fingerprint density at radius 2 is 1.71 bits per heavy atom. The lowest BCUT2D eigenvalue weighted by atomic mass is 9.99. The van der Waals surface area contributed by atoms with Crippen molar-refractivity contribution in [2.45, 2.75) is 50.3 Å².